The summed E-state index contributed by atoms with van der Waals surface area (Å²) >= 11 is 0. The number of phosphoric acid groups is 2. The number of carbonyl (C=O) groups is 4. The molecule has 0 radical (unpaired) electrons. The van der Waals surface area contributed by atoms with Gasteiger partial charge in [0.2, 0.25) is 0 Å². The van der Waals surface area contributed by atoms with E-state index in [-0.39, 0.29) is 25.7 Å². The van der Waals surface area contributed by atoms with E-state index in [9.17, 15) is 43.2 Å². The number of esters is 4. The van der Waals surface area contributed by atoms with Crippen LogP contribution in [0.1, 0.15) is 362 Å². The fraction of sp³-hybridized carbons (Fsp3) is 0.844. The Morgan fingerprint density at radius 1 is 0.292 bits per heavy atom. The second-order valence-corrected chi connectivity index (χ2v) is 29.2. The van der Waals surface area contributed by atoms with Crippen molar-refractivity contribution in [3.8, 4) is 0 Å². The molecule has 0 aliphatic carbocycles. The minimum atomic E-state index is -4.98. The highest BCUT2D eigenvalue weighted by atomic mass is 31.2. The third kappa shape index (κ3) is 69.5. The molecule has 2 unspecified atom stereocenters. The molecule has 0 heterocycles. The van der Waals surface area contributed by atoms with Crippen molar-refractivity contribution in [1.82, 2.24) is 0 Å². The average molecular weight is 1400 g/mol. The molecule has 0 saturated heterocycles. The lowest BCUT2D eigenvalue weighted by atomic mass is 10.0. The molecule has 5 atom stereocenters. The molecular formula is C77H142O17P2. The van der Waals surface area contributed by atoms with Crippen LogP contribution in [0, 0.1) is 0 Å². The average Bonchev–Trinajstić information content (AvgIpc) is 1.26. The Morgan fingerprint density at radius 2 is 0.521 bits per heavy atom. The Morgan fingerprint density at radius 3 is 0.823 bits per heavy atom. The fourth-order valence-corrected chi connectivity index (χ4v) is 12.4. The molecule has 17 nitrogen and oxygen atoms in total. The van der Waals surface area contributed by atoms with E-state index in [0.717, 1.165) is 89.9 Å². The van der Waals surface area contributed by atoms with Crippen molar-refractivity contribution in [3.63, 3.8) is 0 Å². The van der Waals surface area contributed by atoms with Gasteiger partial charge in [0.15, 0.2) is 12.2 Å². The highest BCUT2D eigenvalue weighted by Crippen LogP contribution is 2.45. The quantitative estimate of drug-likeness (QED) is 0.0169. The Hall–Kier alpha value is -2.98. The third-order valence-corrected chi connectivity index (χ3v) is 18.7. The van der Waals surface area contributed by atoms with E-state index in [1.165, 1.54) is 186 Å². The van der Waals surface area contributed by atoms with Crippen molar-refractivity contribution in [3.05, 3.63) is 48.6 Å². The number of unbranched alkanes of at least 4 members (excludes halogenated alkanes) is 40. The molecule has 562 valence electrons. The maximum Gasteiger partial charge on any atom is 0.472 e. The molecule has 0 aromatic carbocycles. The van der Waals surface area contributed by atoms with Crippen molar-refractivity contribution in [1.29, 1.82) is 0 Å². The first kappa shape index (κ1) is 93.0. The first-order chi connectivity index (χ1) is 46.7. The Balaban J connectivity index is 5.35. The largest absolute Gasteiger partial charge is 0.472 e. The monoisotopic (exact) mass is 1400 g/mol. The topological polar surface area (TPSA) is 237 Å². The van der Waals surface area contributed by atoms with Gasteiger partial charge in [0.05, 0.1) is 26.4 Å². The van der Waals surface area contributed by atoms with Crippen LogP contribution in [-0.2, 0) is 65.4 Å². The van der Waals surface area contributed by atoms with Crippen molar-refractivity contribution >= 4 is 39.5 Å². The van der Waals surface area contributed by atoms with Gasteiger partial charge < -0.3 is 33.8 Å². The summed E-state index contributed by atoms with van der Waals surface area (Å²) in [6, 6.07) is 0. The molecule has 0 saturated carbocycles. The SMILES string of the molecule is CCCCC/C=C\C/C=C\C/C=C\C/C=C\CCCC(=O)O[C@H](COC(=O)CCCCCCCCCCCCCCC)COP(=O)(O)OC[C@@H](O)COP(=O)(O)OC[C@@H](COC(=O)CCCCCCCCCCCCCCC)OC(=O)CCCCCCCCCCCCCCC. The van der Waals surface area contributed by atoms with Crippen LogP contribution in [-0.4, -0.2) is 96.7 Å². The summed E-state index contributed by atoms with van der Waals surface area (Å²) < 4.78 is 68.4. The molecule has 0 aliphatic heterocycles. The summed E-state index contributed by atoms with van der Waals surface area (Å²) in [4.78, 5) is 72.8. The highest BCUT2D eigenvalue weighted by Gasteiger charge is 2.30. The number of aliphatic hydroxyl groups excluding tert-OH is 1. The molecule has 96 heavy (non-hydrogen) atoms. The minimum Gasteiger partial charge on any atom is -0.462 e. The number of hydrogen-bond acceptors (Lipinski definition) is 15. The van der Waals surface area contributed by atoms with Gasteiger partial charge in [0.1, 0.15) is 19.3 Å². The number of ether oxygens (including phenoxy) is 4. The minimum absolute atomic E-state index is 0.0255. The van der Waals surface area contributed by atoms with Crippen molar-refractivity contribution in [2.45, 2.75) is 380 Å². The smallest absolute Gasteiger partial charge is 0.462 e. The third-order valence-electron chi connectivity index (χ3n) is 16.8. The van der Waals surface area contributed by atoms with Crippen LogP contribution in [0.4, 0.5) is 0 Å². The predicted octanol–water partition coefficient (Wildman–Crippen LogP) is 22.1. The van der Waals surface area contributed by atoms with E-state index >= 15 is 0 Å². The van der Waals surface area contributed by atoms with Crippen LogP contribution < -0.4 is 0 Å². The predicted molar refractivity (Wildman–Crippen MR) is 390 cm³/mol. The number of allylic oxidation sites excluding steroid dienone is 8. The number of phosphoric ester groups is 2. The van der Waals surface area contributed by atoms with Crippen molar-refractivity contribution < 1.29 is 80.2 Å². The molecule has 19 heteroatoms. The number of carbonyl (C=O) groups excluding carboxylic acids is 4. The van der Waals surface area contributed by atoms with E-state index in [2.05, 4.69) is 64.2 Å². The summed E-state index contributed by atoms with van der Waals surface area (Å²) in [7, 11) is -9.94. The van der Waals surface area contributed by atoms with Gasteiger partial charge >= 0.3 is 39.5 Å². The number of aliphatic hydroxyl groups is 1. The van der Waals surface area contributed by atoms with Gasteiger partial charge in [-0.1, -0.05) is 320 Å². The summed E-state index contributed by atoms with van der Waals surface area (Å²) in [5.41, 5.74) is 0. The summed E-state index contributed by atoms with van der Waals surface area (Å²) in [6.45, 7) is 4.85. The molecule has 0 aliphatic rings. The Labute approximate surface area is 585 Å². The Kier molecular flexibility index (Phi) is 68.3. The molecular weight excluding hydrogens is 1260 g/mol. The lowest BCUT2D eigenvalue weighted by Gasteiger charge is -2.21. The second kappa shape index (κ2) is 70.5. The molecule has 0 aromatic heterocycles. The van der Waals surface area contributed by atoms with Crippen molar-refractivity contribution in [2.75, 3.05) is 39.6 Å². The first-order valence-electron chi connectivity index (χ1n) is 38.9. The van der Waals surface area contributed by atoms with Crippen molar-refractivity contribution in [2.24, 2.45) is 0 Å². The Bertz CT molecular complexity index is 2010. The van der Waals surface area contributed by atoms with Crippen LogP contribution in [0.2, 0.25) is 0 Å². The van der Waals surface area contributed by atoms with Gasteiger partial charge in [-0.3, -0.25) is 37.3 Å². The first-order valence-corrected chi connectivity index (χ1v) is 41.9. The molecule has 3 N–H and O–H groups in total. The van der Waals surface area contributed by atoms with Gasteiger partial charge in [-0.25, -0.2) is 9.13 Å². The van der Waals surface area contributed by atoms with E-state index in [1.807, 2.05) is 12.2 Å². The summed E-state index contributed by atoms with van der Waals surface area (Å²) in [5, 5.41) is 10.6. The lowest BCUT2D eigenvalue weighted by Crippen LogP contribution is -2.30. The van der Waals surface area contributed by atoms with Crippen LogP contribution in [0.3, 0.4) is 0 Å². The maximum atomic E-state index is 13.1. The van der Waals surface area contributed by atoms with Gasteiger partial charge in [0, 0.05) is 25.7 Å². The zero-order valence-corrected chi connectivity index (χ0v) is 63.1. The zero-order chi connectivity index (χ0) is 70.4. The second-order valence-electron chi connectivity index (χ2n) is 26.3. The normalized spacial score (nSPS) is 14.2. The molecule has 0 amide bonds. The van der Waals surface area contributed by atoms with E-state index < -0.39 is 97.5 Å². The van der Waals surface area contributed by atoms with Gasteiger partial charge in [-0.2, -0.15) is 0 Å². The number of rotatable bonds is 74. The highest BCUT2D eigenvalue weighted by molar-refractivity contribution is 7.47. The van der Waals surface area contributed by atoms with E-state index in [4.69, 9.17) is 37.0 Å². The van der Waals surface area contributed by atoms with Crippen LogP contribution >= 0.6 is 15.6 Å². The fourth-order valence-electron chi connectivity index (χ4n) is 10.9. The maximum absolute atomic E-state index is 13.1. The van der Waals surface area contributed by atoms with Crippen LogP contribution in [0.5, 0.6) is 0 Å². The standard InChI is InChI=1S/C77H142O17P2/c1-5-9-13-17-21-25-29-33-34-35-36-40-44-48-52-56-60-64-77(82)94-73(68-88-75(80)62-58-54-50-46-42-38-31-27-23-19-15-11-7-3)70-92-96(85,86)90-66-71(78)65-89-95(83,84)91-69-72(93-76(81)63-59-55-51-47-43-39-32-28-24-20-16-12-8-4)67-87-74(79)61-57-53-49-45-41-37-30-26-22-18-14-10-6-2/h21,25,33-34,36,40,48,52,71-73,78H,5-20,22-24,26-32,35,37-39,41-47,49-51,53-70H2,1-4H3,(H,83,84)(H,85,86)/b25-21-,34-33-,40-36-,52-48-/t71-,72+,73+/m0/s1. The van der Waals surface area contributed by atoms with E-state index in [1.54, 1.807) is 0 Å². The van der Waals surface area contributed by atoms with Crippen LogP contribution in [0.25, 0.3) is 0 Å². The molecule has 0 rings (SSSR count). The molecule has 0 spiro atoms. The van der Waals surface area contributed by atoms with Gasteiger partial charge in [-0.05, 0) is 64.2 Å². The molecule has 0 bridgehead atoms. The lowest BCUT2D eigenvalue weighted by molar-refractivity contribution is -0.161. The van der Waals surface area contributed by atoms with Crippen LogP contribution in [0.15, 0.2) is 48.6 Å². The van der Waals surface area contributed by atoms with E-state index in [0.29, 0.717) is 32.1 Å². The summed E-state index contributed by atoms with van der Waals surface area (Å²) in [5.74, 6) is -2.20. The molecule has 0 aromatic rings. The summed E-state index contributed by atoms with van der Waals surface area (Å²) in [6.07, 6.45) is 66.7. The zero-order valence-electron chi connectivity index (χ0n) is 61.3. The van der Waals surface area contributed by atoms with Gasteiger partial charge in [0.25, 0.3) is 0 Å². The van der Waals surface area contributed by atoms with Gasteiger partial charge in [-0.15, -0.1) is 0 Å². The molecule has 0 fully saturated rings. The number of hydrogen-bond donors (Lipinski definition) is 3.